The molecule has 0 bridgehead atoms. The Bertz CT molecular complexity index is 450. The maximum Gasteiger partial charge on any atom is 0.239 e. The summed E-state index contributed by atoms with van der Waals surface area (Å²) in [6.45, 7) is 1.92. The second-order valence-electron chi connectivity index (χ2n) is 2.82. The van der Waals surface area contributed by atoms with Crippen LogP contribution in [0.15, 0.2) is 30.6 Å². The molecule has 0 aromatic carbocycles. The van der Waals surface area contributed by atoms with Crippen molar-refractivity contribution in [2.75, 3.05) is 0 Å². The molecule has 0 amide bonds. The molecule has 0 spiro atoms. The Hall–Kier alpha value is -1.55. The fourth-order valence-electron chi connectivity index (χ4n) is 1.07. The van der Waals surface area contributed by atoms with E-state index in [1.165, 1.54) is 11.3 Å². The van der Waals surface area contributed by atoms with E-state index < -0.39 is 0 Å². The molecule has 0 aliphatic rings. The van der Waals surface area contributed by atoms with Gasteiger partial charge in [0.2, 0.25) is 5.78 Å². The lowest BCUT2D eigenvalue weighted by atomic mass is 10.2. The Balaban J connectivity index is 2.34. The second-order valence-corrected chi connectivity index (χ2v) is 4.05. The first kappa shape index (κ1) is 9.02. The van der Waals surface area contributed by atoms with Crippen LogP contribution in [0.1, 0.15) is 20.4 Å². The summed E-state index contributed by atoms with van der Waals surface area (Å²) in [5.74, 6) is -0.108. The van der Waals surface area contributed by atoms with Crippen LogP contribution in [0.25, 0.3) is 0 Å². The van der Waals surface area contributed by atoms with Crippen molar-refractivity contribution < 1.29 is 4.79 Å². The third-order valence-electron chi connectivity index (χ3n) is 1.71. The molecular formula is C10H8N2OS. The highest BCUT2D eigenvalue weighted by Gasteiger charge is 2.12. The Morgan fingerprint density at radius 2 is 2.21 bits per heavy atom. The van der Waals surface area contributed by atoms with Crippen LogP contribution >= 0.6 is 11.3 Å². The fraction of sp³-hybridized carbons (Fsp3) is 0.100. The number of hydrogen-bond acceptors (Lipinski definition) is 4. The zero-order chi connectivity index (χ0) is 9.97. The number of aromatic nitrogens is 2. The number of rotatable bonds is 2. The maximum atomic E-state index is 11.7. The minimum Gasteiger partial charge on any atom is -0.284 e. The SMILES string of the molecule is Cc1cnc(C(=O)c2ccccn2)s1. The van der Waals surface area contributed by atoms with Crippen molar-refractivity contribution in [3.63, 3.8) is 0 Å². The highest BCUT2D eigenvalue weighted by atomic mass is 32.1. The Labute approximate surface area is 85.5 Å². The number of carbonyl (C=O) groups excluding carboxylic acids is 1. The van der Waals surface area contributed by atoms with E-state index in [2.05, 4.69) is 9.97 Å². The normalized spacial score (nSPS) is 10.1. The van der Waals surface area contributed by atoms with Crippen LogP contribution in [0.4, 0.5) is 0 Å². The number of thiazole rings is 1. The van der Waals surface area contributed by atoms with E-state index >= 15 is 0 Å². The smallest absolute Gasteiger partial charge is 0.239 e. The molecule has 4 heteroatoms. The van der Waals surface area contributed by atoms with E-state index in [9.17, 15) is 4.79 Å². The van der Waals surface area contributed by atoms with Crippen LogP contribution in [0, 0.1) is 6.92 Å². The van der Waals surface area contributed by atoms with Crippen LogP contribution in [0.2, 0.25) is 0 Å². The molecular weight excluding hydrogens is 196 g/mol. The van der Waals surface area contributed by atoms with Crippen molar-refractivity contribution in [1.29, 1.82) is 0 Å². The minimum atomic E-state index is -0.108. The number of carbonyl (C=O) groups is 1. The Kier molecular flexibility index (Phi) is 2.37. The first-order valence-electron chi connectivity index (χ1n) is 4.15. The van der Waals surface area contributed by atoms with Crippen molar-refractivity contribution in [3.8, 4) is 0 Å². The van der Waals surface area contributed by atoms with Crippen LogP contribution < -0.4 is 0 Å². The standard InChI is InChI=1S/C10H8N2OS/c1-7-6-12-10(14-7)9(13)8-4-2-3-5-11-8/h2-6H,1H3. The largest absolute Gasteiger partial charge is 0.284 e. The zero-order valence-electron chi connectivity index (χ0n) is 7.60. The lowest BCUT2D eigenvalue weighted by Crippen LogP contribution is -2.02. The fourth-order valence-corrected chi connectivity index (χ4v) is 1.78. The molecule has 70 valence electrons. The summed E-state index contributed by atoms with van der Waals surface area (Å²) < 4.78 is 0. The molecule has 2 heterocycles. The summed E-state index contributed by atoms with van der Waals surface area (Å²) in [7, 11) is 0. The zero-order valence-corrected chi connectivity index (χ0v) is 8.41. The van der Waals surface area contributed by atoms with Gasteiger partial charge in [0.25, 0.3) is 0 Å². The highest BCUT2D eigenvalue weighted by Crippen LogP contribution is 2.14. The third-order valence-corrected chi connectivity index (χ3v) is 2.62. The number of nitrogens with zero attached hydrogens (tertiary/aromatic N) is 2. The van der Waals surface area contributed by atoms with Crippen molar-refractivity contribution in [3.05, 3.63) is 46.2 Å². The molecule has 2 aromatic heterocycles. The first-order valence-corrected chi connectivity index (χ1v) is 4.97. The van der Waals surface area contributed by atoms with Gasteiger partial charge in [-0.2, -0.15) is 0 Å². The van der Waals surface area contributed by atoms with Gasteiger partial charge in [-0.25, -0.2) is 4.98 Å². The topological polar surface area (TPSA) is 42.9 Å². The van der Waals surface area contributed by atoms with Gasteiger partial charge < -0.3 is 0 Å². The molecule has 0 saturated carbocycles. The lowest BCUT2D eigenvalue weighted by Gasteiger charge is -1.93. The van der Waals surface area contributed by atoms with Gasteiger partial charge in [-0.3, -0.25) is 9.78 Å². The number of ketones is 1. The molecule has 2 aromatic rings. The van der Waals surface area contributed by atoms with Gasteiger partial charge in [0.05, 0.1) is 0 Å². The van der Waals surface area contributed by atoms with Gasteiger partial charge in [0, 0.05) is 17.3 Å². The average Bonchev–Trinajstić information content (AvgIpc) is 2.65. The maximum absolute atomic E-state index is 11.7. The monoisotopic (exact) mass is 204 g/mol. The van der Waals surface area contributed by atoms with E-state index in [1.54, 1.807) is 30.6 Å². The average molecular weight is 204 g/mol. The summed E-state index contributed by atoms with van der Waals surface area (Å²) in [5.41, 5.74) is 0.446. The molecule has 14 heavy (non-hydrogen) atoms. The lowest BCUT2D eigenvalue weighted by molar-refractivity contribution is 0.103. The van der Waals surface area contributed by atoms with Crippen molar-refractivity contribution >= 4 is 17.1 Å². The molecule has 0 unspecified atom stereocenters. The summed E-state index contributed by atoms with van der Waals surface area (Å²) in [4.78, 5) is 20.8. The molecule has 0 fully saturated rings. The summed E-state index contributed by atoms with van der Waals surface area (Å²) in [6.07, 6.45) is 3.30. The predicted molar refractivity (Wildman–Crippen MR) is 54.5 cm³/mol. The van der Waals surface area contributed by atoms with E-state index in [0.717, 1.165) is 4.88 Å². The van der Waals surface area contributed by atoms with E-state index in [4.69, 9.17) is 0 Å². The van der Waals surface area contributed by atoms with Crippen molar-refractivity contribution in [1.82, 2.24) is 9.97 Å². The molecule has 3 nitrogen and oxygen atoms in total. The first-order chi connectivity index (χ1) is 6.77. The summed E-state index contributed by atoms with van der Waals surface area (Å²) >= 11 is 1.39. The highest BCUT2D eigenvalue weighted by molar-refractivity contribution is 7.13. The third kappa shape index (κ3) is 1.70. The van der Waals surface area contributed by atoms with Gasteiger partial charge in [-0.1, -0.05) is 6.07 Å². The number of pyridine rings is 1. The van der Waals surface area contributed by atoms with Gasteiger partial charge >= 0.3 is 0 Å². The second kappa shape index (κ2) is 3.67. The predicted octanol–water partition coefficient (Wildman–Crippen LogP) is 2.08. The molecule has 0 atom stereocenters. The van der Waals surface area contributed by atoms with Gasteiger partial charge in [0.15, 0.2) is 5.01 Å². The number of hydrogen-bond donors (Lipinski definition) is 0. The van der Waals surface area contributed by atoms with Crippen LogP contribution in [-0.4, -0.2) is 15.8 Å². The minimum absolute atomic E-state index is 0.108. The molecule has 0 saturated heterocycles. The molecule has 0 aliphatic carbocycles. The van der Waals surface area contributed by atoms with Crippen molar-refractivity contribution in [2.45, 2.75) is 6.92 Å². The van der Waals surface area contributed by atoms with E-state index in [1.807, 2.05) is 6.92 Å². The Morgan fingerprint density at radius 3 is 2.79 bits per heavy atom. The molecule has 2 rings (SSSR count). The quantitative estimate of drug-likeness (QED) is 0.703. The van der Waals surface area contributed by atoms with Crippen LogP contribution in [0.5, 0.6) is 0 Å². The Morgan fingerprint density at radius 1 is 1.36 bits per heavy atom. The van der Waals surface area contributed by atoms with E-state index in [0.29, 0.717) is 10.7 Å². The van der Waals surface area contributed by atoms with Crippen LogP contribution in [0.3, 0.4) is 0 Å². The van der Waals surface area contributed by atoms with Crippen LogP contribution in [-0.2, 0) is 0 Å². The summed E-state index contributed by atoms with van der Waals surface area (Å²) in [6, 6.07) is 5.27. The molecule has 0 N–H and O–H groups in total. The molecule has 0 aliphatic heterocycles. The van der Waals surface area contributed by atoms with Crippen molar-refractivity contribution in [2.24, 2.45) is 0 Å². The molecule has 0 radical (unpaired) electrons. The van der Waals surface area contributed by atoms with E-state index in [-0.39, 0.29) is 5.78 Å². The van der Waals surface area contributed by atoms with Gasteiger partial charge in [0.1, 0.15) is 5.69 Å². The van der Waals surface area contributed by atoms with Gasteiger partial charge in [-0.05, 0) is 19.1 Å². The number of aryl methyl sites for hydroxylation is 1. The summed E-state index contributed by atoms with van der Waals surface area (Å²) in [5, 5.41) is 0.501. The van der Waals surface area contributed by atoms with Gasteiger partial charge in [-0.15, -0.1) is 11.3 Å².